The summed E-state index contributed by atoms with van der Waals surface area (Å²) in [5, 5.41) is 17.7. The lowest BCUT2D eigenvalue weighted by Gasteiger charge is -2.17. The van der Waals surface area contributed by atoms with Crippen molar-refractivity contribution in [1.29, 1.82) is 0 Å². The van der Waals surface area contributed by atoms with E-state index in [1.165, 1.54) is 225 Å². The van der Waals surface area contributed by atoms with Crippen LogP contribution in [0.2, 0.25) is 0 Å². The molecule has 2 atom stereocenters. The molecule has 2 N–H and O–H groups in total. The van der Waals surface area contributed by atoms with E-state index in [0.29, 0.717) is 37.9 Å². The van der Waals surface area contributed by atoms with Crippen LogP contribution in [0.25, 0.3) is 0 Å². The first kappa shape index (κ1) is 62.2. The summed E-state index contributed by atoms with van der Waals surface area (Å²) >= 11 is 0. The molecule has 5 nitrogen and oxygen atoms in total. The molecule has 0 bridgehead atoms. The van der Waals surface area contributed by atoms with Crippen LogP contribution in [0.15, 0.2) is 0 Å². The lowest BCUT2D eigenvalue weighted by atomic mass is 9.94. The van der Waals surface area contributed by atoms with Gasteiger partial charge in [0, 0.05) is 19.4 Å². The zero-order valence-electron chi connectivity index (χ0n) is 41.4. The number of ether oxygens (including phenoxy) is 1. The zero-order valence-corrected chi connectivity index (χ0v) is 41.4. The quantitative estimate of drug-likeness (QED) is 0.0471. The van der Waals surface area contributed by atoms with Gasteiger partial charge in [-0.25, -0.2) is 0 Å². The smallest absolute Gasteiger partial charge is 0.305 e. The molecule has 0 saturated carbocycles. The van der Waals surface area contributed by atoms with Crippen molar-refractivity contribution >= 4 is 11.9 Å². The summed E-state index contributed by atoms with van der Waals surface area (Å²) in [6.07, 6.45) is 53.1. The Bertz CT molecular complexity index is 770. The van der Waals surface area contributed by atoms with Crippen LogP contribution in [0.3, 0.4) is 0 Å². The summed E-state index contributed by atoms with van der Waals surface area (Å²) in [6.45, 7) is 14.5. The number of carboxylic acids is 1. The van der Waals surface area contributed by atoms with E-state index in [2.05, 4.69) is 41.5 Å². The van der Waals surface area contributed by atoms with Crippen molar-refractivity contribution in [3.8, 4) is 0 Å². The number of aliphatic hydroxyl groups is 1. The first-order valence-corrected chi connectivity index (χ1v) is 26.8. The van der Waals surface area contributed by atoms with E-state index in [0.717, 1.165) is 32.1 Å². The number of hydrogen-bond acceptors (Lipinski definition) is 4. The van der Waals surface area contributed by atoms with Gasteiger partial charge in [0.05, 0.1) is 6.61 Å². The average molecular weight is 839 g/mol. The maximum absolute atomic E-state index is 12.0. The highest BCUT2D eigenvalue weighted by molar-refractivity contribution is 5.69. The second kappa shape index (κ2) is 56.9. The molecule has 0 aromatic heterocycles. The normalized spacial score (nSPS) is 12.0. The Morgan fingerprint density at radius 1 is 0.356 bits per heavy atom. The Labute approximate surface area is 371 Å². The van der Waals surface area contributed by atoms with Crippen molar-refractivity contribution in [3.63, 3.8) is 0 Å². The van der Waals surface area contributed by atoms with E-state index < -0.39 is 5.97 Å². The molecule has 0 rings (SSSR count). The molecule has 356 valence electrons. The number of esters is 1. The first-order valence-electron chi connectivity index (χ1n) is 26.8. The van der Waals surface area contributed by atoms with Crippen LogP contribution >= 0.6 is 0 Å². The third-order valence-corrected chi connectivity index (χ3v) is 12.1. The van der Waals surface area contributed by atoms with Gasteiger partial charge in [0.15, 0.2) is 0 Å². The minimum absolute atomic E-state index is 0.0324. The summed E-state index contributed by atoms with van der Waals surface area (Å²) < 4.78 is 5.66. The van der Waals surface area contributed by atoms with Crippen LogP contribution < -0.4 is 0 Å². The fourth-order valence-corrected chi connectivity index (χ4v) is 7.88. The third-order valence-electron chi connectivity index (χ3n) is 12.1. The van der Waals surface area contributed by atoms with Crippen molar-refractivity contribution in [2.75, 3.05) is 13.2 Å². The summed E-state index contributed by atoms with van der Waals surface area (Å²) in [5.41, 5.74) is 0. The number of carboxylic acid groups (broad SMARTS) is 1. The topological polar surface area (TPSA) is 83.8 Å². The Morgan fingerprint density at radius 3 is 0.898 bits per heavy atom. The van der Waals surface area contributed by atoms with Crippen molar-refractivity contribution < 1.29 is 24.5 Å². The van der Waals surface area contributed by atoms with Gasteiger partial charge in [-0.3, -0.25) is 9.59 Å². The molecule has 0 spiro atoms. The molecule has 0 aromatic rings. The minimum atomic E-state index is -0.675. The van der Waals surface area contributed by atoms with Gasteiger partial charge in [-0.1, -0.05) is 260 Å². The number of carbonyl (C=O) groups is 2. The maximum Gasteiger partial charge on any atom is 0.305 e. The second-order valence-electron chi connectivity index (χ2n) is 18.3. The predicted octanol–water partition coefficient (Wildman–Crippen LogP) is 18.3. The molecule has 0 fully saturated rings. The highest BCUT2D eigenvalue weighted by Gasteiger charge is 2.12. The van der Waals surface area contributed by atoms with Gasteiger partial charge in [0.25, 0.3) is 0 Å². The summed E-state index contributed by atoms with van der Waals surface area (Å²) in [7, 11) is 0. The van der Waals surface area contributed by atoms with Gasteiger partial charge < -0.3 is 14.9 Å². The lowest BCUT2D eigenvalue weighted by Crippen LogP contribution is -2.14. The van der Waals surface area contributed by atoms with Crippen LogP contribution in [-0.2, 0) is 14.3 Å². The first-order chi connectivity index (χ1) is 28.9. The standard InChI is InChI=1S/C27H54O2.C20H42O.C7H14O2/c1-4-7-10-13-15-16-18-20-23-26(22-19-17-14-11-8-5-2)25-29-27(28)24-21-12-9-6-3;1-3-5-7-9-11-12-14-16-18-20(19-21)17-15-13-10-8-6-4-2;1-2-3-4-5-6-7(8)9/h26H,4-25H2,1-3H3;20-21H,3-19H2,1-2H3;2-6H2,1H3,(H,8,9). The van der Waals surface area contributed by atoms with Gasteiger partial charge >= 0.3 is 11.9 Å². The highest BCUT2D eigenvalue weighted by atomic mass is 16.5. The van der Waals surface area contributed by atoms with Crippen LogP contribution in [0, 0.1) is 11.8 Å². The monoisotopic (exact) mass is 839 g/mol. The zero-order chi connectivity index (χ0) is 44.1. The molecule has 2 unspecified atom stereocenters. The van der Waals surface area contributed by atoms with E-state index in [9.17, 15) is 14.7 Å². The molecular weight excluding hydrogens is 729 g/mol. The van der Waals surface area contributed by atoms with E-state index in [1.54, 1.807) is 0 Å². The van der Waals surface area contributed by atoms with Gasteiger partial charge in [0.2, 0.25) is 0 Å². The summed E-state index contributed by atoms with van der Waals surface area (Å²) in [4.78, 5) is 22.0. The van der Waals surface area contributed by atoms with E-state index >= 15 is 0 Å². The number of aliphatic carboxylic acids is 1. The molecular formula is C54H110O5. The third kappa shape index (κ3) is 59.0. The Balaban J connectivity index is -0.000000907. The Kier molecular flexibility index (Phi) is 60.0. The fourth-order valence-electron chi connectivity index (χ4n) is 7.88. The fraction of sp³-hybridized carbons (Fsp3) is 0.963. The second-order valence-corrected chi connectivity index (χ2v) is 18.3. The van der Waals surface area contributed by atoms with E-state index in [1.807, 2.05) is 0 Å². The van der Waals surface area contributed by atoms with Crippen molar-refractivity contribution in [2.45, 2.75) is 311 Å². The largest absolute Gasteiger partial charge is 0.481 e. The van der Waals surface area contributed by atoms with Gasteiger partial charge in [-0.2, -0.15) is 0 Å². The molecule has 0 aliphatic carbocycles. The van der Waals surface area contributed by atoms with Crippen LogP contribution in [-0.4, -0.2) is 35.4 Å². The van der Waals surface area contributed by atoms with Crippen molar-refractivity contribution in [2.24, 2.45) is 11.8 Å². The number of carbonyl (C=O) groups excluding carboxylic acids is 1. The Hall–Kier alpha value is -1.10. The average Bonchev–Trinajstić information content (AvgIpc) is 3.23. The number of unbranched alkanes of at least 4 members (excludes halogenated alkanes) is 30. The molecule has 0 aromatic carbocycles. The van der Waals surface area contributed by atoms with Crippen LogP contribution in [0.1, 0.15) is 311 Å². The molecule has 5 heteroatoms. The van der Waals surface area contributed by atoms with Gasteiger partial charge in [-0.15, -0.1) is 0 Å². The number of rotatable bonds is 45. The highest BCUT2D eigenvalue weighted by Crippen LogP contribution is 2.21. The van der Waals surface area contributed by atoms with Gasteiger partial charge in [-0.05, 0) is 50.4 Å². The number of aliphatic hydroxyl groups excluding tert-OH is 1. The molecule has 59 heavy (non-hydrogen) atoms. The molecule has 0 heterocycles. The van der Waals surface area contributed by atoms with E-state index in [4.69, 9.17) is 9.84 Å². The summed E-state index contributed by atoms with van der Waals surface area (Å²) in [5.74, 6) is 0.521. The van der Waals surface area contributed by atoms with Crippen LogP contribution in [0.5, 0.6) is 0 Å². The molecule has 0 radical (unpaired) electrons. The summed E-state index contributed by atoms with van der Waals surface area (Å²) in [6, 6.07) is 0. The van der Waals surface area contributed by atoms with E-state index in [-0.39, 0.29) is 5.97 Å². The molecule has 0 aliphatic rings. The maximum atomic E-state index is 12.0. The van der Waals surface area contributed by atoms with Crippen LogP contribution in [0.4, 0.5) is 0 Å². The van der Waals surface area contributed by atoms with Crippen molar-refractivity contribution in [3.05, 3.63) is 0 Å². The SMILES string of the molecule is CCCCCCC(=O)O.CCCCCCCCCCC(CCCCCCCC)COC(=O)CCCCCC.CCCCCCCCCCC(CO)CCCCCCCC. The Morgan fingerprint density at radius 2 is 0.610 bits per heavy atom. The van der Waals surface area contributed by atoms with Crippen molar-refractivity contribution in [1.82, 2.24) is 0 Å². The molecule has 0 aliphatic heterocycles. The van der Waals surface area contributed by atoms with Gasteiger partial charge in [0.1, 0.15) is 0 Å². The predicted molar refractivity (Wildman–Crippen MR) is 261 cm³/mol. The number of hydrogen-bond donors (Lipinski definition) is 2. The minimum Gasteiger partial charge on any atom is -0.481 e. The molecule has 0 saturated heterocycles. The lowest BCUT2D eigenvalue weighted by molar-refractivity contribution is -0.145. The molecule has 0 amide bonds.